The van der Waals surface area contributed by atoms with Gasteiger partial charge in [-0.15, -0.1) is 0 Å². The molecule has 20 heavy (non-hydrogen) atoms. The van der Waals surface area contributed by atoms with Crippen molar-refractivity contribution in [3.63, 3.8) is 0 Å². The molecule has 1 aliphatic rings. The monoisotopic (exact) mass is 269 g/mol. The summed E-state index contributed by atoms with van der Waals surface area (Å²) >= 11 is 0. The number of aromatic hydroxyl groups is 1. The van der Waals surface area contributed by atoms with Crippen LogP contribution in [0.1, 0.15) is 22.6 Å². The molecule has 2 aromatic rings. The first-order valence-electron chi connectivity index (χ1n) is 6.95. The summed E-state index contributed by atoms with van der Waals surface area (Å²) < 4.78 is 5.22. The van der Waals surface area contributed by atoms with E-state index in [1.807, 2.05) is 18.2 Å². The molecule has 3 rings (SSSR count). The zero-order valence-electron chi connectivity index (χ0n) is 11.6. The number of hydrogen-bond donors (Lipinski definition) is 2. The van der Waals surface area contributed by atoms with E-state index in [0.717, 1.165) is 19.5 Å². The van der Waals surface area contributed by atoms with Gasteiger partial charge in [-0.3, -0.25) is 0 Å². The van der Waals surface area contributed by atoms with Gasteiger partial charge in [-0.2, -0.15) is 0 Å². The molecule has 0 spiro atoms. The smallest absolute Gasteiger partial charge is 0.160 e. The van der Waals surface area contributed by atoms with E-state index in [-0.39, 0.29) is 11.7 Å². The van der Waals surface area contributed by atoms with E-state index < -0.39 is 0 Å². The lowest BCUT2D eigenvalue weighted by Crippen LogP contribution is -2.20. The molecule has 0 saturated heterocycles. The van der Waals surface area contributed by atoms with Crippen LogP contribution in [-0.4, -0.2) is 25.3 Å². The summed E-state index contributed by atoms with van der Waals surface area (Å²) in [7, 11) is 1.59. The summed E-state index contributed by atoms with van der Waals surface area (Å²) in [4.78, 5) is 0. The highest BCUT2D eigenvalue weighted by Gasteiger charge is 2.22. The van der Waals surface area contributed by atoms with Crippen molar-refractivity contribution in [3.8, 4) is 11.5 Å². The van der Waals surface area contributed by atoms with E-state index in [0.29, 0.717) is 5.75 Å². The average molecular weight is 269 g/mol. The molecule has 1 atom stereocenters. The Kier molecular flexibility index (Phi) is 3.61. The van der Waals surface area contributed by atoms with Crippen molar-refractivity contribution >= 4 is 0 Å². The predicted molar refractivity (Wildman–Crippen MR) is 79.5 cm³/mol. The minimum atomic E-state index is 0.217. The van der Waals surface area contributed by atoms with Crippen LogP contribution in [0.2, 0.25) is 0 Å². The zero-order chi connectivity index (χ0) is 13.9. The number of benzene rings is 2. The quantitative estimate of drug-likeness (QED) is 0.880. The first kappa shape index (κ1) is 13.0. The van der Waals surface area contributed by atoms with Crippen LogP contribution in [0, 0.1) is 0 Å². The topological polar surface area (TPSA) is 41.5 Å². The third-order valence-corrected chi connectivity index (χ3v) is 3.94. The highest BCUT2D eigenvalue weighted by Crippen LogP contribution is 2.36. The van der Waals surface area contributed by atoms with Crippen molar-refractivity contribution < 1.29 is 9.84 Å². The van der Waals surface area contributed by atoms with Crippen LogP contribution in [-0.2, 0) is 6.42 Å². The highest BCUT2D eigenvalue weighted by molar-refractivity contribution is 5.50. The first-order valence-corrected chi connectivity index (χ1v) is 6.95. The standard InChI is InChI=1S/C17H19NO2/c1-20-17-9-13-7-8-18-11-15(14(13)10-16(17)19)12-5-3-2-4-6-12/h2-6,9-10,15,18-19H,7-8,11H2,1H3/t15-/m1/s1. The molecule has 2 N–H and O–H groups in total. The van der Waals surface area contributed by atoms with Crippen LogP contribution in [0.3, 0.4) is 0 Å². The molecule has 0 aliphatic carbocycles. The number of nitrogens with one attached hydrogen (secondary N) is 1. The van der Waals surface area contributed by atoms with Gasteiger partial charge < -0.3 is 15.2 Å². The average Bonchev–Trinajstić information content (AvgIpc) is 2.69. The third-order valence-electron chi connectivity index (χ3n) is 3.94. The SMILES string of the molecule is COc1cc2c(cc1O)[C@@H](c1ccccc1)CNCC2. The molecule has 0 aromatic heterocycles. The van der Waals surface area contributed by atoms with Crippen molar-refractivity contribution in [2.45, 2.75) is 12.3 Å². The Bertz CT molecular complexity index is 595. The van der Waals surface area contributed by atoms with E-state index in [4.69, 9.17) is 4.74 Å². The number of phenolic OH excluding ortho intramolecular Hbond substituents is 1. The number of methoxy groups -OCH3 is 1. The van der Waals surface area contributed by atoms with Gasteiger partial charge in [0.15, 0.2) is 11.5 Å². The largest absolute Gasteiger partial charge is 0.504 e. The van der Waals surface area contributed by atoms with Crippen molar-refractivity contribution in [1.29, 1.82) is 0 Å². The fraction of sp³-hybridized carbons (Fsp3) is 0.294. The van der Waals surface area contributed by atoms with Gasteiger partial charge in [-0.1, -0.05) is 30.3 Å². The van der Waals surface area contributed by atoms with Crippen LogP contribution >= 0.6 is 0 Å². The second-order valence-corrected chi connectivity index (χ2v) is 5.14. The third kappa shape index (κ3) is 2.37. The molecular weight excluding hydrogens is 250 g/mol. The molecule has 104 valence electrons. The van der Waals surface area contributed by atoms with Crippen molar-refractivity contribution in [2.24, 2.45) is 0 Å². The number of ether oxygens (including phenoxy) is 1. The minimum absolute atomic E-state index is 0.217. The molecule has 3 nitrogen and oxygen atoms in total. The first-order chi connectivity index (χ1) is 9.79. The van der Waals surface area contributed by atoms with Crippen LogP contribution in [0.25, 0.3) is 0 Å². The zero-order valence-corrected chi connectivity index (χ0v) is 11.6. The van der Waals surface area contributed by atoms with Gasteiger partial charge in [0, 0.05) is 12.5 Å². The Morgan fingerprint density at radius 2 is 2.00 bits per heavy atom. The summed E-state index contributed by atoms with van der Waals surface area (Å²) in [6.07, 6.45) is 0.954. The number of rotatable bonds is 2. The number of phenols is 1. The second-order valence-electron chi connectivity index (χ2n) is 5.14. The highest BCUT2D eigenvalue weighted by atomic mass is 16.5. The van der Waals surface area contributed by atoms with Gasteiger partial charge in [0.25, 0.3) is 0 Å². The van der Waals surface area contributed by atoms with E-state index in [1.54, 1.807) is 7.11 Å². The van der Waals surface area contributed by atoms with E-state index >= 15 is 0 Å². The van der Waals surface area contributed by atoms with Gasteiger partial charge in [-0.25, -0.2) is 0 Å². The molecule has 0 saturated carbocycles. The van der Waals surface area contributed by atoms with Gasteiger partial charge in [0.2, 0.25) is 0 Å². The summed E-state index contributed by atoms with van der Waals surface area (Å²) in [5, 5.41) is 13.6. The lowest BCUT2D eigenvalue weighted by atomic mass is 9.88. The maximum absolute atomic E-state index is 10.1. The van der Waals surface area contributed by atoms with E-state index in [9.17, 15) is 5.11 Å². The maximum Gasteiger partial charge on any atom is 0.160 e. The normalized spacial score (nSPS) is 18.1. The maximum atomic E-state index is 10.1. The summed E-state index contributed by atoms with van der Waals surface area (Å²) in [6.45, 7) is 1.84. The molecular formula is C17H19NO2. The molecule has 3 heteroatoms. The van der Waals surface area contributed by atoms with Gasteiger partial charge in [-0.05, 0) is 41.8 Å². The molecule has 1 heterocycles. The lowest BCUT2D eigenvalue weighted by Gasteiger charge is -2.19. The lowest BCUT2D eigenvalue weighted by molar-refractivity contribution is 0.372. The van der Waals surface area contributed by atoms with Crippen LogP contribution in [0.4, 0.5) is 0 Å². The van der Waals surface area contributed by atoms with Gasteiger partial charge >= 0.3 is 0 Å². The van der Waals surface area contributed by atoms with Crippen molar-refractivity contribution in [2.75, 3.05) is 20.2 Å². The van der Waals surface area contributed by atoms with Crippen molar-refractivity contribution in [3.05, 3.63) is 59.2 Å². The number of fused-ring (bicyclic) bond motifs is 1. The molecule has 2 aromatic carbocycles. The Balaban J connectivity index is 2.09. The molecule has 0 bridgehead atoms. The fourth-order valence-corrected chi connectivity index (χ4v) is 2.89. The van der Waals surface area contributed by atoms with E-state index in [2.05, 4.69) is 29.6 Å². The van der Waals surface area contributed by atoms with Crippen LogP contribution < -0.4 is 10.1 Å². The van der Waals surface area contributed by atoms with Crippen LogP contribution in [0.5, 0.6) is 11.5 Å². The Morgan fingerprint density at radius 1 is 1.20 bits per heavy atom. The Morgan fingerprint density at radius 3 is 2.75 bits per heavy atom. The molecule has 0 amide bonds. The van der Waals surface area contributed by atoms with Crippen molar-refractivity contribution in [1.82, 2.24) is 5.32 Å². The Labute approximate surface area is 119 Å². The predicted octanol–water partition coefficient (Wildman–Crippen LogP) is 2.68. The second kappa shape index (κ2) is 5.55. The van der Waals surface area contributed by atoms with Gasteiger partial charge in [0.05, 0.1) is 7.11 Å². The number of hydrogen-bond acceptors (Lipinski definition) is 3. The molecule has 1 aliphatic heterocycles. The van der Waals surface area contributed by atoms with Gasteiger partial charge in [0.1, 0.15) is 0 Å². The Hall–Kier alpha value is -2.00. The fourth-order valence-electron chi connectivity index (χ4n) is 2.89. The summed E-state index contributed by atoms with van der Waals surface area (Å²) in [6, 6.07) is 14.3. The van der Waals surface area contributed by atoms with E-state index in [1.165, 1.54) is 16.7 Å². The summed E-state index contributed by atoms with van der Waals surface area (Å²) in [5.41, 5.74) is 3.71. The van der Waals surface area contributed by atoms with Crippen LogP contribution in [0.15, 0.2) is 42.5 Å². The molecule has 0 unspecified atom stereocenters. The summed E-state index contributed by atoms with van der Waals surface area (Å²) in [5.74, 6) is 1.04. The molecule has 0 fully saturated rings. The minimum Gasteiger partial charge on any atom is -0.504 e. The molecule has 0 radical (unpaired) electrons.